The fraction of sp³-hybridized carbons (Fsp3) is 0.194. The molecule has 0 unspecified atom stereocenters. The van der Waals surface area contributed by atoms with Crippen molar-refractivity contribution in [3.63, 3.8) is 0 Å². The van der Waals surface area contributed by atoms with Gasteiger partial charge in [0.25, 0.3) is 5.91 Å². The highest BCUT2D eigenvalue weighted by molar-refractivity contribution is 5.95. The van der Waals surface area contributed by atoms with Gasteiger partial charge in [0.15, 0.2) is 0 Å². The summed E-state index contributed by atoms with van der Waals surface area (Å²) in [6.07, 6.45) is -6.27. The number of benzene rings is 4. The number of halogens is 3. The Kier molecular flexibility index (Phi) is 10.3. The summed E-state index contributed by atoms with van der Waals surface area (Å²) in [6, 6.07) is 32.9. The van der Waals surface area contributed by atoms with E-state index >= 15 is 0 Å². The summed E-state index contributed by atoms with van der Waals surface area (Å²) in [5.41, 5.74) is 2.62. The van der Waals surface area contributed by atoms with Crippen LogP contribution in [0.15, 0.2) is 115 Å². The topological polar surface area (TPSA) is 57.2 Å². The predicted molar refractivity (Wildman–Crippen MR) is 143 cm³/mol. The second-order valence-corrected chi connectivity index (χ2v) is 8.70. The summed E-state index contributed by atoms with van der Waals surface area (Å²) >= 11 is 0. The average Bonchev–Trinajstić information content (AvgIpc) is 2.96. The van der Waals surface area contributed by atoms with Crippen LogP contribution in [0.1, 0.15) is 16.7 Å². The van der Waals surface area contributed by atoms with E-state index in [2.05, 4.69) is 4.74 Å². The standard InChI is InChI=1S/C31H28F3NO5/c32-31(33,34)40-28-18-10-17-27(19-28)35(23-37-20-24-11-4-1-5-12-24)29(36)30(38-21-25-13-6-2-7-14-25)39-22-26-15-8-3-9-16-26/h1-19,30H,20-23H2. The van der Waals surface area contributed by atoms with Crippen molar-refractivity contribution >= 4 is 11.6 Å². The van der Waals surface area contributed by atoms with Crippen molar-refractivity contribution in [3.8, 4) is 5.75 Å². The van der Waals surface area contributed by atoms with Crippen LogP contribution in [0.2, 0.25) is 0 Å². The zero-order valence-electron chi connectivity index (χ0n) is 21.5. The maximum absolute atomic E-state index is 13.9. The number of alkyl halides is 3. The van der Waals surface area contributed by atoms with Gasteiger partial charge in [0.2, 0.25) is 6.29 Å². The molecule has 6 nitrogen and oxygen atoms in total. The molecule has 9 heteroatoms. The van der Waals surface area contributed by atoms with Gasteiger partial charge in [0.1, 0.15) is 12.5 Å². The molecule has 0 atom stereocenters. The van der Waals surface area contributed by atoms with Crippen LogP contribution in [0.5, 0.6) is 5.75 Å². The van der Waals surface area contributed by atoms with Gasteiger partial charge >= 0.3 is 6.36 Å². The number of amides is 1. The maximum atomic E-state index is 13.9. The van der Waals surface area contributed by atoms with Crippen molar-refractivity contribution in [1.29, 1.82) is 0 Å². The van der Waals surface area contributed by atoms with Gasteiger partial charge in [-0.05, 0) is 28.8 Å². The molecule has 0 bridgehead atoms. The third-order valence-electron chi connectivity index (χ3n) is 5.65. The Bertz CT molecular complexity index is 1280. The van der Waals surface area contributed by atoms with E-state index in [1.807, 2.05) is 91.0 Å². The van der Waals surface area contributed by atoms with Gasteiger partial charge in [0.05, 0.1) is 19.8 Å². The third-order valence-corrected chi connectivity index (χ3v) is 5.65. The fourth-order valence-electron chi connectivity index (χ4n) is 3.75. The van der Waals surface area contributed by atoms with Gasteiger partial charge in [-0.2, -0.15) is 0 Å². The first-order chi connectivity index (χ1) is 19.4. The molecule has 0 N–H and O–H groups in total. The van der Waals surface area contributed by atoms with E-state index in [4.69, 9.17) is 14.2 Å². The SMILES string of the molecule is O=C(C(OCc1ccccc1)OCc1ccccc1)N(COCc1ccccc1)c1cccc(OC(F)(F)F)c1. The van der Waals surface area contributed by atoms with Gasteiger partial charge in [-0.1, -0.05) is 97.1 Å². The Morgan fingerprint density at radius 2 is 1.18 bits per heavy atom. The molecule has 4 rings (SSSR count). The molecule has 0 saturated heterocycles. The van der Waals surface area contributed by atoms with E-state index < -0.39 is 24.3 Å². The molecule has 0 spiro atoms. The summed E-state index contributed by atoms with van der Waals surface area (Å²) in [4.78, 5) is 15.0. The van der Waals surface area contributed by atoms with Crippen LogP contribution in [0, 0.1) is 0 Å². The molecule has 0 radical (unpaired) electrons. The van der Waals surface area contributed by atoms with Crippen molar-refractivity contribution in [2.75, 3.05) is 11.6 Å². The monoisotopic (exact) mass is 551 g/mol. The molecule has 0 aliphatic heterocycles. The molecule has 0 fully saturated rings. The number of nitrogens with zero attached hydrogens (tertiary/aromatic N) is 1. The summed E-state index contributed by atoms with van der Waals surface area (Å²) in [6.45, 7) is 0.0385. The molecular formula is C31H28F3NO5. The van der Waals surface area contributed by atoms with E-state index in [1.165, 1.54) is 17.0 Å². The van der Waals surface area contributed by atoms with Crippen molar-refractivity contribution in [2.45, 2.75) is 32.5 Å². The first-order valence-electron chi connectivity index (χ1n) is 12.5. The van der Waals surface area contributed by atoms with E-state index in [9.17, 15) is 18.0 Å². The van der Waals surface area contributed by atoms with Crippen LogP contribution >= 0.6 is 0 Å². The van der Waals surface area contributed by atoms with Crippen LogP contribution in [0.25, 0.3) is 0 Å². The zero-order chi connectivity index (χ0) is 28.2. The van der Waals surface area contributed by atoms with E-state index in [1.54, 1.807) is 0 Å². The minimum absolute atomic E-state index is 0.0714. The highest BCUT2D eigenvalue weighted by atomic mass is 19.4. The van der Waals surface area contributed by atoms with Crippen LogP contribution in [-0.4, -0.2) is 25.3 Å². The molecule has 4 aromatic rings. The van der Waals surface area contributed by atoms with Gasteiger partial charge in [-0.15, -0.1) is 13.2 Å². The van der Waals surface area contributed by atoms with Crippen molar-refractivity contribution in [2.24, 2.45) is 0 Å². The second-order valence-electron chi connectivity index (χ2n) is 8.70. The summed E-state index contributed by atoms with van der Waals surface area (Å²) in [5, 5.41) is 0. The maximum Gasteiger partial charge on any atom is 0.573 e. The zero-order valence-corrected chi connectivity index (χ0v) is 21.5. The van der Waals surface area contributed by atoms with E-state index in [0.29, 0.717) is 0 Å². The van der Waals surface area contributed by atoms with Crippen LogP contribution < -0.4 is 9.64 Å². The lowest BCUT2D eigenvalue weighted by Crippen LogP contribution is -2.43. The molecule has 0 saturated carbocycles. The summed E-state index contributed by atoms with van der Waals surface area (Å²) < 4.78 is 60.4. The first kappa shape index (κ1) is 28.8. The fourth-order valence-corrected chi connectivity index (χ4v) is 3.75. The number of rotatable bonds is 13. The van der Waals surface area contributed by atoms with Gasteiger partial charge < -0.3 is 18.9 Å². The lowest BCUT2D eigenvalue weighted by Gasteiger charge is -2.28. The van der Waals surface area contributed by atoms with Gasteiger partial charge in [0, 0.05) is 11.8 Å². The molecule has 0 aliphatic carbocycles. The Morgan fingerprint density at radius 1 is 0.675 bits per heavy atom. The summed E-state index contributed by atoms with van der Waals surface area (Å²) in [7, 11) is 0. The van der Waals surface area contributed by atoms with Crippen LogP contribution in [0.4, 0.5) is 18.9 Å². The Hall–Kier alpha value is -4.18. The minimum Gasteiger partial charge on any atom is -0.406 e. The minimum atomic E-state index is -4.89. The van der Waals surface area contributed by atoms with Crippen LogP contribution in [0.3, 0.4) is 0 Å². The number of ether oxygens (including phenoxy) is 4. The summed E-state index contributed by atoms with van der Waals surface area (Å²) in [5.74, 6) is -1.12. The first-order valence-corrected chi connectivity index (χ1v) is 12.5. The van der Waals surface area contributed by atoms with E-state index in [-0.39, 0.29) is 32.2 Å². The predicted octanol–water partition coefficient (Wildman–Crippen LogP) is 6.85. The van der Waals surface area contributed by atoms with Crippen molar-refractivity contribution in [1.82, 2.24) is 0 Å². The Morgan fingerprint density at radius 3 is 1.68 bits per heavy atom. The number of hydrogen-bond donors (Lipinski definition) is 0. The van der Waals surface area contributed by atoms with Gasteiger partial charge in [-0.25, -0.2) is 0 Å². The number of hydrogen-bond acceptors (Lipinski definition) is 5. The number of anilines is 1. The molecule has 0 aromatic heterocycles. The lowest BCUT2D eigenvalue weighted by molar-refractivity contribution is -0.274. The highest BCUT2D eigenvalue weighted by Crippen LogP contribution is 2.28. The van der Waals surface area contributed by atoms with E-state index in [0.717, 1.165) is 28.8 Å². The van der Waals surface area contributed by atoms with Crippen molar-refractivity contribution < 1.29 is 36.9 Å². The second kappa shape index (κ2) is 14.3. The number of carbonyl (C=O) groups is 1. The number of carbonyl (C=O) groups excluding carboxylic acids is 1. The quantitative estimate of drug-likeness (QED) is 0.170. The molecule has 0 aliphatic rings. The average molecular weight is 552 g/mol. The normalized spacial score (nSPS) is 11.4. The molecule has 208 valence electrons. The molecule has 0 heterocycles. The largest absolute Gasteiger partial charge is 0.573 e. The molecule has 1 amide bonds. The van der Waals surface area contributed by atoms with Crippen molar-refractivity contribution in [3.05, 3.63) is 132 Å². The highest BCUT2D eigenvalue weighted by Gasteiger charge is 2.32. The Balaban J connectivity index is 1.58. The molecule has 4 aromatic carbocycles. The molecule has 40 heavy (non-hydrogen) atoms. The van der Waals surface area contributed by atoms with Crippen LogP contribution in [-0.2, 0) is 38.8 Å². The Labute approximate surface area is 230 Å². The smallest absolute Gasteiger partial charge is 0.406 e. The molecular weight excluding hydrogens is 523 g/mol. The lowest BCUT2D eigenvalue weighted by atomic mass is 10.2. The third kappa shape index (κ3) is 9.23. The van der Waals surface area contributed by atoms with Gasteiger partial charge in [-0.3, -0.25) is 9.69 Å².